The third-order valence-corrected chi connectivity index (χ3v) is 6.21. The van der Waals surface area contributed by atoms with E-state index < -0.39 is 17.8 Å². The summed E-state index contributed by atoms with van der Waals surface area (Å²) in [6.07, 6.45) is 3.38. The van der Waals surface area contributed by atoms with Gasteiger partial charge >= 0.3 is 5.97 Å². The van der Waals surface area contributed by atoms with Gasteiger partial charge in [0.05, 0.1) is 26.5 Å². The zero-order chi connectivity index (χ0) is 26.1. The Hall–Kier alpha value is -4.70. The summed E-state index contributed by atoms with van der Waals surface area (Å²) in [4.78, 5) is 39.3. The molecule has 0 aliphatic carbocycles. The average Bonchev–Trinajstić information content (AvgIpc) is 3.51. The maximum atomic E-state index is 13.4. The number of nitrogens with one attached hydrogen (secondary N) is 1. The molecule has 1 aliphatic heterocycles. The van der Waals surface area contributed by atoms with Crippen molar-refractivity contribution in [1.29, 1.82) is 0 Å². The summed E-state index contributed by atoms with van der Waals surface area (Å²) in [6, 6.07) is 17.6. The van der Waals surface area contributed by atoms with Gasteiger partial charge in [0.25, 0.3) is 11.8 Å². The first-order chi connectivity index (χ1) is 17.9. The molecule has 9 nitrogen and oxygen atoms in total. The number of benzene rings is 2. The second-order valence-electron chi connectivity index (χ2n) is 8.14. The van der Waals surface area contributed by atoms with E-state index in [9.17, 15) is 14.4 Å². The summed E-state index contributed by atoms with van der Waals surface area (Å²) in [5.41, 5.74) is 1.97. The lowest BCUT2D eigenvalue weighted by Gasteiger charge is -2.29. The Labute approximate surface area is 216 Å². The summed E-state index contributed by atoms with van der Waals surface area (Å²) >= 11 is 5.29. The number of thiocarbonyl (C=S) groups is 1. The van der Waals surface area contributed by atoms with Crippen LogP contribution in [0.4, 0.5) is 5.69 Å². The molecule has 1 N–H and O–H groups in total. The lowest BCUT2D eigenvalue weighted by atomic mass is 10.1. The van der Waals surface area contributed by atoms with E-state index >= 15 is 0 Å². The van der Waals surface area contributed by atoms with Crippen molar-refractivity contribution in [2.24, 2.45) is 0 Å². The summed E-state index contributed by atoms with van der Waals surface area (Å²) in [5.74, 6) is -0.398. The summed E-state index contributed by atoms with van der Waals surface area (Å²) in [5, 5.41) is 3.44. The van der Waals surface area contributed by atoms with Gasteiger partial charge in [-0.1, -0.05) is 18.2 Å². The number of esters is 1. The molecule has 0 spiro atoms. The number of hydrogen-bond acceptors (Lipinski definition) is 7. The highest BCUT2D eigenvalue weighted by atomic mass is 32.1. The van der Waals surface area contributed by atoms with Crippen molar-refractivity contribution in [1.82, 2.24) is 9.88 Å². The van der Waals surface area contributed by atoms with Crippen LogP contribution in [0.2, 0.25) is 0 Å². The van der Waals surface area contributed by atoms with Crippen LogP contribution in [0.3, 0.4) is 0 Å². The molecule has 1 aliphatic rings. The second kappa shape index (κ2) is 9.75. The second-order valence-corrected chi connectivity index (χ2v) is 8.53. The Kier molecular flexibility index (Phi) is 6.33. The van der Waals surface area contributed by atoms with Crippen LogP contribution in [-0.4, -0.2) is 41.7 Å². The van der Waals surface area contributed by atoms with Crippen molar-refractivity contribution < 1.29 is 28.3 Å². The molecule has 4 aromatic rings. The third-order valence-electron chi connectivity index (χ3n) is 5.93. The quantitative estimate of drug-likeness (QED) is 0.180. The van der Waals surface area contributed by atoms with E-state index in [0.29, 0.717) is 29.3 Å². The molecule has 0 bridgehead atoms. The Bertz CT molecular complexity index is 1580. The van der Waals surface area contributed by atoms with Gasteiger partial charge in [-0.05, 0) is 60.8 Å². The standard InChI is InChI=1S/C27H21N3O6S/c1-34-18-9-7-17(8-10-18)30-25(32)21(24(31)28-27(30)37)13-16-14-29(22-6-4-3-5-20(16)22)15-19-11-12-23(36-19)26(33)35-2/h3-14H,15H2,1-2H3,(H,28,31,37)/b21-13+. The molecule has 2 aromatic heterocycles. The van der Waals surface area contributed by atoms with E-state index in [1.54, 1.807) is 49.6 Å². The molecular formula is C27H21N3O6S. The molecule has 2 aromatic carbocycles. The van der Waals surface area contributed by atoms with Crippen LogP contribution < -0.4 is 15.0 Å². The first-order valence-electron chi connectivity index (χ1n) is 11.2. The first-order valence-corrected chi connectivity index (χ1v) is 11.6. The molecule has 37 heavy (non-hydrogen) atoms. The van der Waals surface area contributed by atoms with Crippen molar-refractivity contribution in [3.05, 3.63) is 89.5 Å². The van der Waals surface area contributed by atoms with Gasteiger partial charge in [-0.2, -0.15) is 0 Å². The minimum absolute atomic E-state index is 0.000949. The number of anilines is 1. The van der Waals surface area contributed by atoms with Crippen LogP contribution in [0.15, 0.2) is 76.9 Å². The van der Waals surface area contributed by atoms with E-state index in [-0.39, 0.29) is 16.4 Å². The van der Waals surface area contributed by atoms with Gasteiger partial charge in [-0.15, -0.1) is 0 Å². The minimum Gasteiger partial charge on any atom is -0.497 e. The van der Waals surface area contributed by atoms with Crippen LogP contribution >= 0.6 is 12.2 Å². The van der Waals surface area contributed by atoms with Gasteiger partial charge in [0.1, 0.15) is 17.1 Å². The maximum absolute atomic E-state index is 13.4. The van der Waals surface area contributed by atoms with E-state index in [1.165, 1.54) is 12.0 Å². The monoisotopic (exact) mass is 515 g/mol. The smallest absolute Gasteiger partial charge is 0.373 e. The number of amides is 2. The fraction of sp³-hybridized carbons (Fsp3) is 0.111. The van der Waals surface area contributed by atoms with Crippen molar-refractivity contribution in [2.75, 3.05) is 19.1 Å². The Morgan fingerprint density at radius 2 is 1.81 bits per heavy atom. The highest BCUT2D eigenvalue weighted by Gasteiger charge is 2.34. The van der Waals surface area contributed by atoms with Gasteiger partial charge in [0.15, 0.2) is 5.11 Å². The van der Waals surface area contributed by atoms with Crippen LogP contribution in [0.5, 0.6) is 5.75 Å². The number of rotatable bonds is 6. The number of carbonyl (C=O) groups excluding carboxylic acids is 3. The van der Waals surface area contributed by atoms with Crippen LogP contribution in [-0.2, 0) is 20.9 Å². The van der Waals surface area contributed by atoms with Crippen LogP contribution in [0.25, 0.3) is 17.0 Å². The Morgan fingerprint density at radius 3 is 2.54 bits per heavy atom. The Morgan fingerprint density at radius 1 is 1.05 bits per heavy atom. The van der Waals surface area contributed by atoms with E-state index in [1.807, 2.05) is 35.0 Å². The summed E-state index contributed by atoms with van der Waals surface area (Å²) in [7, 11) is 2.84. The van der Waals surface area contributed by atoms with Crippen molar-refractivity contribution in [3.63, 3.8) is 0 Å². The average molecular weight is 516 g/mol. The summed E-state index contributed by atoms with van der Waals surface area (Å²) in [6.45, 7) is 0.322. The minimum atomic E-state index is -0.578. The fourth-order valence-electron chi connectivity index (χ4n) is 4.14. The lowest BCUT2D eigenvalue weighted by molar-refractivity contribution is -0.122. The van der Waals surface area contributed by atoms with Gasteiger partial charge in [0, 0.05) is 22.7 Å². The molecule has 0 unspecified atom stereocenters. The molecule has 0 radical (unpaired) electrons. The maximum Gasteiger partial charge on any atom is 0.373 e. The molecule has 186 valence electrons. The van der Waals surface area contributed by atoms with Gasteiger partial charge < -0.3 is 18.5 Å². The van der Waals surface area contributed by atoms with Gasteiger partial charge in [-0.25, -0.2) is 4.79 Å². The van der Waals surface area contributed by atoms with Gasteiger partial charge in [-0.3, -0.25) is 19.8 Å². The van der Waals surface area contributed by atoms with Crippen LogP contribution in [0, 0.1) is 0 Å². The fourth-order valence-corrected chi connectivity index (χ4v) is 4.42. The molecule has 1 fully saturated rings. The predicted molar refractivity (Wildman–Crippen MR) is 140 cm³/mol. The number of aromatic nitrogens is 1. The van der Waals surface area contributed by atoms with Crippen molar-refractivity contribution in [2.45, 2.75) is 6.54 Å². The predicted octanol–water partition coefficient (Wildman–Crippen LogP) is 3.91. The molecule has 0 atom stereocenters. The van der Waals surface area contributed by atoms with Crippen molar-refractivity contribution >= 4 is 57.8 Å². The number of ether oxygens (including phenoxy) is 2. The first kappa shape index (κ1) is 24.0. The number of furan rings is 1. The molecule has 3 heterocycles. The zero-order valence-electron chi connectivity index (χ0n) is 19.9. The van der Waals surface area contributed by atoms with E-state index in [0.717, 1.165) is 10.9 Å². The largest absolute Gasteiger partial charge is 0.497 e. The number of fused-ring (bicyclic) bond motifs is 1. The molecular weight excluding hydrogens is 494 g/mol. The topological polar surface area (TPSA) is 103 Å². The number of methoxy groups -OCH3 is 2. The number of nitrogens with zero attached hydrogens (tertiary/aromatic N) is 2. The Balaban J connectivity index is 1.51. The van der Waals surface area contributed by atoms with Gasteiger partial charge in [0.2, 0.25) is 5.76 Å². The molecule has 10 heteroatoms. The summed E-state index contributed by atoms with van der Waals surface area (Å²) < 4.78 is 17.4. The normalized spacial score (nSPS) is 14.8. The highest BCUT2D eigenvalue weighted by molar-refractivity contribution is 7.80. The molecule has 1 saturated heterocycles. The zero-order valence-corrected chi connectivity index (χ0v) is 20.7. The number of hydrogen-bond donors (Lipinski definition) is 1. The van der Waals surface area contributed by atoms with E-state index in [4.69, 9.17) is 26.1 Å². The van der Waals surface area contributed by atoms with E-state index in [2.05, 4.69) is 5.32 Å². The molecule has 5 rings (SSSR count). The third kappa shape index (κ3) is 4.50. The number of carbonyl (C=O) groups is 3. The molecule has 0 saturated carbocycles. The highest BCUT2D eigenvalue weighted by Crippen LogP contribution is 2.28. The van der Waals surface area contributed by atoms with Crippen LogP contribution in [0.1, 0.15) is 21.9 Å². The SMILES string of the molecule is COC(=O)c1ccc(Cn2cc(/C=C3\C(=O)NC(=S)N(c4ccc(OC)cc4)C3=O)c3ccccc32)o1. The van der Waals surface area contributed by atoms with Crippen molar-refractivity contribution in [3.8, 4) is 5.75 Å². The lowest BCUT2D eigenvalue weighted by Crippen LogP contribution is -2.54. The number of para-hydroxylation sites is 1. The molecule has 2 amide bonds.